The Morgan fingerprint density at radius 1 is 1.64 bits per heavy atom. The van der Waals surface area contributed by atoms with E-state index >= 15 is 0 Å². The third-order valence-electron chi connectivity index (χ3n) is 1.32. The molecule has 2 atom stereocenters. The number of aromatic amines is 1. The van der Waals surface area contributed by atoms with E-state index in [0.29, 0.717) is 5.82 Å². The zero-order valence-corrected chi connectivity index (χ0v) is 6.49. The monoisotopic (exact) mass is 176 g/mol. The number of halogens is 1. The summed E-state index contributed by atoms with van der Waals surface area (Å²) >= 11 is 5.31. The molecule has 11 heavy (non-hydrogen) atoms. The number of alkyl halides is 1. The summed E-state index contributed by atoms with van der Waals surface area (Å²) in [7, 11) is 0. The third kappa shape index (κ3) is 1.92. The van der Waals surface area contributed by atoms with E-state index in [1.807, 2.05) is 0 Å². The fraction of sp³-hybridized carbons (Fsp3) is 0.500. The Morgan fingerprint density at radius 3 is 2.82 bits per heavy atom. The number of rotatable bonds is 3. The van der Waals surface area contributed by atoms with Crippen molar-refractivity contribution in [1.82, 2.24) is 9.97 Å². The number of aliphatic hydroxyl groups excluding tert-OH is 2. The van der Waals surface area contributed by atoms with Gasteiger partial charge in [-0.2, -0.15) is 0 Å². The van der Waals surface area contributed by atoms with Crippen LogP contribution in [0.3, 0.4) is 0 Å². The molecule has 0 radical (unpaired) electrons. The van der Waals surface area contributed by atoms with Gasteiger partial charge in [-0.25, -0.2) is 4.98 Å². The molecule has 1 aromatic rings. The van der Waals surface area contributed by atoms with Crippen molar-refractivity contribution in [3.8, 4) is 0 Å². The van der Waals surface area contributed by atoms with Crippen LogP contribution in [0.5, 0.6) is 0 Å². The van der Waals surface area contributed by atoms with E-state index in [1.165, 1.54) is 6.20 Å². The van der Waals surface area contributed by atoms with Crippen molar-refractivity contribution in [2.45, 2.75) is 12.2 Å². The van der Waals surface area contributed by atoms with Crippen LogP contribution in [0.4, 0.5) is 0 Å². The van der Waals surface area contributed by atoms with Gasteiger partial charge in [0.2, 0.25) is 0 Å². The van der Waals surface area contributed by atoms with Crippen molar-refractivity contribution in [3.63, 3.8) is 0 Å². The first-order valence-electron chi connectivity index (χ1n) is 3.17. The summed E-state index contributed by atoms with van der Waals surface area (Å²) < 4.78 is 0. The SMILES string of the molecule is OC(CCl)C(O)c1ncc[nH]1. The lowest BCUT2D eigenvalue weighted by atomic mass is 10.2. The molecule has 0 bridgehead atoms. The van der Waals surface area contributed by atoms with Crippen LogP contribution in [0.15, 0.2) is 12.4 Å². The average Bonchev–Trinajstić information content (AvgIpc) is 2.53. The lowest BCUT2D eigenvalue weighted by Gasteiger charge is -2.11. The van der Waals surface area contributed by atoms with Crippen LogP contribution in [0.25, 0.3) is 0 Å². The standard InChI is InChI=1S/C6H9ClN2O2/c7-3-4(10)5(11)6-8-1-2-9-6/h1-2,4-5,10-11H,3H2,(H,8,9). The highest BCUT2D eigenvalue weighted by atomic mass is 35.5. The molecule has 2 unspecified atom stereocenters. The number of imidazole rings is 1. The molecule has 1 heterocycles. The lowest BCUT2D eigenvalue weighted by molar-refractivity contribution is 0.0276. The Labute approximate surface area is 68.8 Å². The maximum Gasteiger partial charge on any atom is 0.138 e. The van der Waals surface area contributed by atoms with E-state index in [-0.39, 0.29) is 5.88 Å². The highest BCUT2D eigenvalue weighted by molar-refractivity contribution is 6.18. The Morgan fingerprint density at radius 2 is 2.36 bits per heavy atom. The van der Waals surface area contributed by atoms with Crippen LogP contribution in [-0.4, -0.2) is 32.2 Å². The highest BCUT2D eigenvalue weighted by Gasteiger charge is 2.18. The number of hydrogen-bond acceptors (Lipinski definition) is 3. The minimum absolute atomic E-state index is 0.0120. The molecule has 62 valence electrons. The number of H-pyrrole nitrogens is 1. The van der Waals surface area contributed by atoms with Gasteiger partial charge < -0.3 is 15.2 Å². The van der Waals surface area contributed by atoms with Crippen molar-refractivity contribution < 1.29 is 10.2 Å². The summed E-state index contributed by atoms with van der Waals surface area (Å²) in [6.45, 7) is 0. The zero-order valence-electron chi connectivity index (χ0n) is 5.74. The average molecular weight is 177 g/mol. The molecule has 0 aliphatic carbocycles. The fourth-order valence-corrected chi connectivity index (χ4v) is 0.875. The maximum absolute atomic E-state index is 9.25. The Hall–Kier alpha value is -0.580. The predicted octanol–water partition coefficient (Wildman–Crippen LogP) is 0.0428. The summed E-state index contributed by atoms with van der Waals surface area (Å²) in [6, 6.07) is 0. The second kappa shape index (κ2) is 3.71. The molecule has 0 fully saturated rings. The van der Waals surface area contributed by atoms with Gasteiger partial charge >= 0.3 is 0 Å². The van der Waals surface area contributed by atoms with Gasteiger partial charge in [-0.1, -0.05) is 0 Å². The summed E-state index contributed by atoms with van der Waals surface area (Å²) in [5.41, 5.74) is 0. The van der Waals surface area contributed by atoms with Crippen molar-refractivity contribution in [3.05, 3.63) is 18.2 Å². The summed E-state index contributed by atoms with van der Waals surface area (Å²) in [6.07, 6.45) is 1.07. The van der Waals surface area contributed by atoms with Crippen LogP contribution < -0.4 is 0 Å². The summed E-state index contributed by atoms with van der Waals surface area (Å²) in [4.78, 5) is 6.43. The molecular weight excluding hydrogens is 168 g/mol. The first-order valence-corrected chi connectivity index (χ1v) is 3.70. The highest BCUT2D eigenvalue weighted by Crippen LogP contribution is 2.12. The van der Waals surface area contributed by atoms with Crippen molar-refractivity contribution in [2.75, 3.05) is 5.88 Å². The molecule has 4 nitrogen and oxygen atoms in total. The van der Waals surface area contributed by atoms with Gasteiger partial charge in [0, 0.05) is 12.4 Å². The zero-order chi connectivity index (χ0) is 8.27. The second-order valence-electron chi connectivity index (χ2n) is 2.14. The molecule has 0 saturated carbocycles. The van der Waals surface area contributed by atoms with E-state index in [0.717, 1.165) is 0 Å². The molecule has 1 aromatic heterocycles. The van der Waals surface area contributed by atoms with Gasteiger partial charge in [0.25, 0.3) is 0 Å². The van der Waals surface area contributed by atoms with Gasteiger partial charge in [-0.05, 0) is 0 Å². The van der Waals surface area contributed by atoms with Crippen molar-refractivity contribution >= 4 is 11.6 Å². The molecule has 0 aromatic carbocycles. The number of nitrogens with zero attached hydrogens (tertiary/aromatic N) is 1. The Kier molecular flexibility index (Phi) is 2.87. The minimum atomic E-state index is -1.03. The number of aromatic nitrogens is 2. The molecule has 0 saturated heterocycles. The van der Waals surface area contributed by atoms with Gasteiger partial charge in [-0.15, -0.1) is 11.6 Å². The van der Waals surface area contributed by atoms with Gasteiger partial charge in [0.05, 0.1) is 5.88 Å². The predicted molar refractivity (Wildman–Crippen MR) is 40.3 cm³/mol. The van der Waals surface area contributed by atoms with Crippen LogP contribution in [0.1, 0.15) is 11.9 Å². The number of hydrogen-bond donors (Lipinski definition) is 3. The summed E-state index contributed by atoms with van der Waals surface area (Å²) in [5, 5.41) is 18.3. The maximum atomic E-state index is 9.25. The molecular formula is C6H9ClN2O2. The van der Waals surface area contributed by atoms with Crippen LogP contribution in [0.2, 0.25) is 0 Å². The Balaban J connectivity index is 2.62. The first-order chi connectivity index (χ1) is 5.25. The molecule has 5 heteroatoms. The first kappa shape index (κ1) is 8.52. The summed E-state index contributed by atoms with van der Waals surface area (Å²) in [5.74, 6) is 0.320. The van der Waals surface area contributed by atoms with Crippen LogP contribution in [0, 0.1) is 0 Å². The van der Waals surface area contributed by atoms with E-state index in [2.05, 4.69) is 9.97 Å². The smallest absolute Gasteiger partial charge is 0.138 e. The van der Waals surface area contributed by atoms with Crippen LogP contribution in [-0.2, 0) is 0 Å². The molecule has 0 spiro atoms. The van der Waals surface area contributed by atoms with Crippen molar-refractivity contribution in [2.24, 2.45) is 0 Å². The molecule has 0 aliphatic rings. The minimum Gasteiger partial charge on any atom is -0.389 e. The van der Waals surface area contributed by atoms with E-state index in [4.69, 9.17) is 16.7 Å². The second-order valence-corrected chi connectivity index (χ2v) is 2.45. The molecule has 0 aliphatic heterocycles. The topological polar surface area (TPSA) is 69.1 Å². The third-order valence-corrected chi connectivity index (χ3v) is 1.64. The number of nitrogens with one attached hydrogen (secondary N) is 1. The normalized spacial score (nSPS) is 16.3. The van der Waals surface area contributed by atoms with Crippen LogP contribution >= 0.6 is 11.6 Å². The largest absolute Gasteiger partial charge is 0.389 e. The van der Waals surface area contributed by atoms with E-state index < -0.39 is 12.2 Å². The molecule has 1 rings (SSSR count). The Bertz CT molecular complexity index is 202. The quantitative estimate of drug-likeness (QED) is 0.570. The van der Waals surface area contributed by atoms with E-state index in [1.54, 1.807) is 6.20 Å². The van der Waals surface area contributed by atoms with Gasteiger partial charge in [-0.3, -0.25) is 0 Å². The molecule has 3 N–H and O–H groups in total. The lowest BCUT2D eigenvalue weighted by Crippen LogP contribution is -2.20. The molecule has 0 amide bonds. The fourth-order valence-electron chi connectivity index (χ4n) is 0.706. The van der Waals surface area contributed by atoms with Gasteiger partial charge in [0.1, 0.15) is 18.0 Å². The number of aliphatic hydroxyl groups is 2. The van der Waals surface area contributed by atoms with Gasteiger partial charge in [0.15, 0.2) is 0 Å². The van der Waals surface area contributed by atoms with E-state index in [9.17, 15) is 5.11 Å². The van der Waals surface area contributed by atoms with Crippen molar-refractivity contribution in [1.29, 1.82) is 0 Å².